The van der Waals surface area contributed by atoms with Crippen molar-refractivity contribution in [3.05, 3.63) is 17.5 Å². The van der Waals surface area contributed by atoms with E-state index in [1.165, 1.54) is 12.4 Å². The van der Waals surface area contributed by atoms with Crippen LogP contribution < -0.4 is 4.74 Å². The van der Waals surface area contributed by atoms with Gasteiger partial charge >= 0.3 is 6.03 Å². The summed E-state index contributed by atoms with van der Waals surface area (Å²) in [5, 5.41) is 0.318. The number of carbonyl (C=O) groups excluding carboxylic acids is 1. The Labute approximate surface area is 134 Å². The largest absolute Gasteiger partial charge is 0.476 e. The predicted molar refractivity (Wildman–Crippen MR) is 82.1 cm³/mol. The molecule has 7 nitrogen and oxygen atoms in total. The van der Waals surface area contributed by atoms with E-state index in [0.29, 0.717) is 23.6 Å². The summed E-state index contributed by atoms with van der Waals surface area (Å²) in [6, 6.07) is 0.145. The van der Waals surface area contributed by atoms with Crippen molar-refractivity contribution in [3.63, 3.8) is 0 Å². The number of ether oxygens (including phenoxy) is 1. The Morgan fingerprint density at radius 1 is 1.27 bits per heavy atom. The van der Waals surface area contributed by atoms with Gasteiger partial charge in [0, 0.05) is 45.2 Å². The van der Waals surface area contributed by atoms with Crippen LogP contribution in [-0.4, -0.2) is 83.6 Å². The highest BCUT2D eigenvalue weighted by Gasteiger charge is 2.34. The molecule has 120 valence electrons. The van der Waals surface area contributed by atoms with Crippen LogP contribution in [0.15, 0.2) is 12.4 Å². The summed E-state index contributed by atoms with van der Waals surface area (Å²) in [5.74, 6) is 0.772. The molecule has 3 heterocycles. The van der Waals surface area contributed by atoms with Crippen molar-refractivity contribution in [3.8, 4) is 5.88 Å². The fraction of sp³-hybridized carbons (Fsp3) is 0.643. The molecule has 2 saturated heterocycles. The molecule has 0 N–H and O–H groups in total. The highest BCUT2D eigenvalue weighted by Crippen LogP contribution is 2.19. The van der Waals surface area contributed by atoms with Gasteiger partial charge in [0.2, 0.25) is 5.88 Å². The van der Waals surface area contributed by atoms with Gasteiger partial charge in [0.15, 0.2) is 5.15 Å². The molecule has 2 fully saturated rings. The molecular weight excluding hydrogens is 306 g/mol. The summed E-state index contributed by atoms with van der Waals surface area (Å²) in [7, 11) is 2.08. The minimum atomic E-state index is 0.145. The van der Waals surface area contributed by atoms with Crippen molar-refractivity contribution >= 4 is 17.6 Å². The number of hydrogen-bond acceptors (Lipinski definition) is 5. The molecule has 1 aromatic rings. The van der Waals surface area contributed by atoms with Crippen molar-refractivity contribution in [1.82, 2.24) is 24.7 Å². The van der Waals surface area contributed by atoms with E-state index in [1.54, 1.807) is 0 Å². The fourth-order valence-corrected chi connectivity index (χ4v) is 2.77. The molecular formula is C14H20ClN5O2. The van der Waals surface area contributed by atoms with Gasteiger partial charge in [-0.05, 0) is 7.05 Å². The average Bonchev–Trinajstić information content (AvgIpc) is 2.46. The van der Waals surface area contributed by atoms with Crippen LogP contribution in [0.3, 0.4) is 0 Å². The van der Waals surface area contributed by atoms with Crippen molar-refractivity contribution in [2.45, 2.75) is 0 Å². The number of urea groups is 1. The van der Waals surface area contributed by atoms with Crippen LogP contribution in [-0.2, 0) is 0 Å². The molecule has 3 rings (SSSR count). The van der Waals surface area contributed by atoms with Crippen LogP contribution in [0, 0.1) is 5.92 Å². The maximum Gasteiger partial charge on any atom is 0.320 e. The second kappa shape index (κ2) is 6.66. The van der Waals surface area contributed by atoms with Crippen molar-refractivity contribution in [2.75, 3.05) is 52.9 Å². The number of nitrogens with zero attached hydrogens (tertiary/aromatic N) is 5. The monoisotopic (exact) mass is 325 g/mol. The van der Waals surface area contributed by atoms with Crippen LogP contribution >= 0.6 is 11.6 Å². The molecule has 0 bridgehead atoms. The molecule has 2 aliphatic heterocycles. The molecule has 2 amide bonds. The molecule has 0 unspecified atom stereocenters. The number of piperazine rings is 1. The standard InChI is InChI=1S/C14H20ClN5O2/c1-18-2-4-19(5-3-18)14(21)20-8-11(9-20)10-22-13-7-16-6-12(15)17-13/h6-7,11H,2-5,8-10H2,1H3. The summed E-state index contributed by atoms with van der Waals surface area (Å²) < 4.78 is 5.56. The zero-order chi connectivity index (χ0) is 15.5. The smallest absolute Gasteiger partial charge is 0.320 e. The lowest BCUT2D eigenvalue weighted by molar-refractivity contribution is 0.0552. The van der Waals surface area contributed by atoms with Crippen LogP contribution in [0.25, 0.3) is 0 Å². The third-order valence-electron chi connectivity index (χ3n) is 4.05. The van der Waals surface area contributed by atoms with E-state index in [4.69, 9.17) is 16.3 Å². The van der Waals surface area contributed by atoms with E-state index >= 15 is 0 Å². The van der Waals surface area contributed by atoms with Crippen molar-refractivity contribution < 1.29 is 9.53 Å². The minimum Gasteiger partial charge on any atom is -0.476 e. The zero-order valence-corrected chi connectivity index (χ0v) is 13.4. The third kappa shape index (κ3) is 3.59. The van der Waals surface area contributed by atoms with Gasteiger partial charge in [-0.3, -0.25) is 4.98 Å². The molecule has 1 aromatic heterocycles. The number of hydrogen-bond donors (Lipinski definition) is 0. The number of likely N-dealkylation sites (tertiary alicyclic amines) is 1. The van der Waals surface area contributed by atoms with Gasteiger partial charge in [-0.1, -0.05) is 11.6 Å². The van der Waals surface area contributed by atoms with E-state index in [0.717, 1.165) is 39.3 Å². The topological polar surface area (TPSA) is 61.8 Å². The maximum absolute atomic E-state index is 12.3. The summed E-state index contributed by atoms with van der Waals surface area (Å²) in [4.78, 5) is 26.3. The fourth-order valence-electron chi connectivity index (χ4n) is 2.63. The summed E-state index contributed by atoms with van der Waals surface area (Å²) in [6.07, 6.45) is 3.01. The molecule has 0 spiro atoms. The van der Waals surface area contributed by atoms with E-state index in [-0.39, 0.29) is 6.03 Å². The lowest BCUT2D eigenvalue weighted by Gasteiger charge is -2.43. The molecule has 8 heteroatoms. The Kier molecular flexibility index (Phi) is 4.63. The normalized spacial score (nSPS) is 19.9. The van der Waals surface area contributed by atoms with Gasteiger partial charge < -0.3 is 19.4 Å². The molecule has 22 heavy (non-hydrogen) atoms. The Balaban J connectivity index is 1.39. The van der Waals surface area contributed by atoms with E-state index in [1.807, 2.05) is 9.80 Å². The first kappa shape index (κ1) is 15.3. The number of carbonyl (C=O) groups is 1. The highest BCUT2D eigenvalue weighted by atomic mass is 35.5. The second-order valence-electron chi connectivity index (χ2n) is 5.83. The number of aromatic nitrogens is 2. The summed E-state index contributed by atoms with van der Waals surface area (Å²) in [6.45, 7) is 5.51. The highest BCUT2D eigenvalue weighted by molar-refractivity contribution is 6.29. The number of amides is 2. The van der Waals surface area contributed by atoms with Gasteiger partial charge in [0.05, 0.1) is 19.0 Å². The van der Waals surface area contributed by atoms with Gasteiger partial charge in [-0.25, -0.2) is 4.79 Å². The first-order valence-electron chi connectivity index (χ1n) is 7.44. The molecule has 0 radical (unpaired) electrons. The number of rotatable bonds is 3. The van der Waals surface area contributed by atoms with Gasteiger partial charge in [-0.15, -0.1) is 0 Å². The van der Waals surface area contributed by atoms with Crippen molar-refractivity contribution in [1.29, 1.82) is 0 Å². The average molecular weight is 326 g/mol. The molecule has 0 aliphatic carbocycles. The Hall–Kier alpha value is -1.60. The lowest BCUT2D eigenvalue weighted by atomic mass is 10.0. The lowest BCUT2D eigenvalue weighted by Crippen LogP contribution is -2.59. The predicted octanol–water partition coefficient (Wildman–Crippen LogP) is 0.808. The Bertz CT molecular complexity index is 530. The SMILES string of the molecule is CN1CCN(C(=O)N2CC(COc3cncc(Cl)n3)C2)CC1. The van der Waals surface area contributed by atoms with E-state index < -0.39 is 0 Å². The quantitative estimate of drug-likeness (QED) is 0.823. The first-order chi connectivity index (χ1) is 10.6. The first-order valence-corrected chi connectivity index (χ1v) is 7.82. The molecule has 2 aliphatic rings. The zero-order valence-electron chi connectivity index (χ0n) is 12.6. The van der Waals surface area contributed by atoms with Crippen LogP contribution in [0.1, 0.15) is 0 Å². The molecule has 0 saturated carbocycles. The van der Waals surface area contributed by atoms with Crippen LogP contribution in [0.2, 0.25) is 5.15 Å². The molecule has 0 aromatic carbocycles. The van der Waals surface area contributed by atoms with E-state index in [9.17, 15) is 4.79 Å². The Morgan fingerprint density at radius 3 is 2.68 bits per heavy atom. The van der Waals surface area contributed by atoms with Gasteiger partial charge in [0.1, 0.15) is 0 Å². The van der Waals surface area contributed by atoms with E-state index in [2.05, 4.69) is 21.9 Å². The summed E-state index contributed by atoms with van der Waals surface area (Å²) >= 11 is 5.75. The maximum atomic E-state index is 12.3. The minimum absolute atomic E-state index is 0.145. The van der Waals surface area contributed by atoms with Crippen molar-refractivity contribution in [2.24, 2.45) is 5.92 Å². The summed E-state index contributed by atoms with van der Waals surface area (Å²) in [5.41, 5.74) is 0. The Morgan fingerprint density at radius 2 is 2.00 bits per heavy atom. The second-order valence-corrected chi connectivity index (χ2v) is 6.22. The van der Waals surface area contributed by atoms with Crippen LogP contribution in [0.5, 0.6) is 5.88 Å². The van der Waals surface area contributed by atoms with Gasteiger partial charge in [-0.2, -0.15) is 4.98 Å². The number of likely N-dealkylation sites (N-methyl/N-ethyl adjacent to an activating group) is 1. The van der Waals surface area contributed by atoms with Crippen LogP contribution in [0.4, 0.5) is 4.79 Å². The number of halogens is 1. The molecule has 0 atom stereocenters. The third-order valence-corrected chi connectivity index (χ3v) is 4.23. The van der Waals surface area contributed by atoms with Gasteiger partial charge in [0.25, 0.3) is 0 Å².